The Labute approximate surface area is 132 Å². The molecule has 0 spiro atoms. The summed E-state index contributed by atoms with van der Waals surface area (Å²) in [5, 5.41) is 7.99. The highest BCUT2D eigenvalue weighted by Crippen LogP contribution is 2.19. The summed E-state index contributed by atoms with van der Waals surface area (Å²) in [5.41, 5.74) is 2.57. The first-order valence-electron chi connectivity index (χ1n) is 7.31. The molecule has 0 saturated carbocycles. The number of hydrogen-bond acceptors (Lipinski definition) is 3. The second kappa shape index (κ2) is 6.67. The number of aromatic nitrogens is 2. The summed E-state index contributed by atoms with van der Waals surface area (Å²) >= 11 is 1.77. The molecule has 0 bridgehead atoms. The first-order valence-corrected chi connectivity index (χ1v) is 8.54. The van der Waals surface area contributed by atoms with E-state index >= 15 is 0 Å². The van der Waals surface area contributed by atoms with Crippen molar-refractivity contribution in [3.05, 3.63) is 47.8 Å². The van der Waals surface area contributed by atoms with Gasteiger partial charge in [0, 0.05) is 29.2 Å². The minimum absolute atomic E-state index is 0.0392. The van der Waals surface area contributed by atoms with E-state index in [0.717, 1.165) is 6.54 Å². The Hall–Kier alpha value is -1.26. The van der Waals surface area contributed by atoms with Gasteiger partial charge in [-0.05, 0) is 51.6 Å². The third kappa shape index (κ3) is 4.35. The Morgan fingerprint density at radius 2 is 1.90 bits per heavy atom. The van der Waals surface area contributed by atoms with Crippen LogP contribution >= 0.6 is 11.8 Å². The zero-order chi connectivity index (χ0) is 15.5. The number of nitrogens with zero attached hydrogens (tertiary/aromatic N) is 2. The Kier molecular flexibility index (Phi) is 5.12. The van der Waals surface area contributed by atoms with E-state index in [9.17, 15) is 0 Å². The minimum Gasteiger partial charge on any atom is -0.306 e. The molecule has 1 aromatic heterocycles. The Morgan fingerprint density at radius 1 is 1.24 bits per heavy atom. The number of nitrogens with one attached hydrogen (secondary N) is 1. The van der Waals surface area contributed by atoms with E-state index in [2.05, 4.69) is 74.8 Å². The molecule has 0 saturated heterocycles. The van der Waals surface area contributed by atoms with Crippen LogP contribution in [0.15, 0.2) is 41.6 Å². The highest BCUT2D eigenvalue weighted by molar-refractivity contribution is 7.98. The molecule has 0 amide bonds. The molecular weight excluding hydrogens is 278 g/mol. The van der Waals surface area contributed by atoms with Crippen LogP contribution in [0.1, 0.15) is 44.9 Å². The molecule has 1 aromatic carbocycles. The quantitative estimate of drug-likeness (QED) is 0.839. The van der Waals surface area contributed by atoms with Gasteiger partial charge in [-0.15, -0.1) is 11.8 Å². The van der Waals surface area contributed by atoms with Crippen LogP contribution in [0, 0.1) is 0 Å². The molecule has 0 fully saturated rings. The molecule has 3 nitrogen and oxygen atoms in total. The standard InChI is InChI=1S/C17H25N3S/c1-13(15-6-8-16(21-5)9-7-15)18-10-14-11-19-20(12-14)17(2,3)4/h6-9,11-13,18H,10H2,1-5H3. The molecule has 1 N–H and O–H groups in total. The van der Waals surface area contributed by atoms with Crippen molar-refractivity contribution in [1.29, 1.82) is 0 Å². The molecule has 0 aliphatic rings. The Morgan fingerprint density at radius 3 is 2.43 bits per heavy atom. The molecule has 0 aliphatic heterocycles. The second-order valence-corrected chi connectivity index (χ2v) is 7.22. The lowest BCUT2D eigenvalue weighted by Gasteiger charge is -2.18. The summed E-state index contributed by atoms with van der Waals surface area (Å²) in [6.45, 7) is 9.51. The zero-order valence-corrected chi connectivity index (χ0v) is 14.4. The third-order valence-electron chi connectivity index (χ3n) is 3.55. The molecule has 0 radical (unpaired) electrons. The lowest BCUT2D eigenvalue weighted by atomic mass is 10.1. The summed E-state index contributed by atoms with van der Waals surface area (Å²) in [7, 11) is 0. The molecule has 114 valence electrons. The Balaban J connectivity index is 1.94. The summed E-state index contributed by atoms with van der Waals surface area (Å²) in [6.07, 6.45) is 6.17. The fourth-order valence-corrected chi connectivity index (χ4v) is 2.51. The van der Waals surface area contributed by atoms with Crippen molar-refractivity contribution >= 4 is 11.8 Å². The third-order valence-corrected chi connectivity index (χ3v) is 4.30. The van der Waals surface area contributed by atoms with Crippen LogP contribution in [0.25, 0.3) is 0 Å². The van der Waals surface area contributed by atoms with Crippen LogP contribution in [-0.2, 0) is 12.1 Å². The number of thioether (sulfide) groups is 1. The molecule has 0 aliphatic carbocycles. The van der Waals surface area contributed by atoms with Crippen LogP contribution in [0.3, 0.4) is 0 Å². The van der Waals surface area contributed by atoms with Gasteiger partial charge in [-0.3, -0.25) is 4.68 Å². The van der Waals surface area contributed by atoms with E-state index in [0.29, 0.717) is 6.04 Å². The van der Waals surface area contributed by atoms with Crippen LogP contribution in [0.2, 0.25) is 0 Å². The average Bonchev–Trinajstić information content (AvgIpc) is 2.94. The van der Waals surface area contributed by atoms with Gasteiger partial charge in [-0.2, -0.15) is 5.10 Å². The van der Waals surface area contributed by atoms with Gasteiger partial charge < -0.3 is 5.32 Å². The topological polar surface area (TPSA) is 29.9 Å². The second-order valence-electron chi connectivity index (χ2n) is 6.34. The molecule has 1 unspecified atom stereocenters. The maximum Gasteiger partial charge on any atom is 0.0543 e. The fraction of sp³-hybridized carbons (Fsp3) is 0.471. The van der Waals surface area contributed by atoms with Crippen molar-refractivity contribution < 1.29 is 0 Å². The smallest absolute Gasteiger partial charge is 0.0543 e. The van der Waals surface area contributed by atoms with E-state index in [1.54, 1.807) is 11.8 Å². The van der Waals surface area contributed by atoms with Gasteiger partial charge in [-0.1, -0.05) is 12.1 Å². The van der Waals surface area contributed by atoms with Crippen molar-refractivity contribution in [3.63, 3.8) is 0 Å². The van der Waals surface area contributed by atoms with Crippen molar-refractivity contribution in [2.75, 3.05) is 6.26 Å². The van der Waals surface area contributed by atoms with E-state index in [1.807, 2.05) is 10.9 Å². The monoisotopic (exact) mass is 303 g/mol. The van der Waals surface area contributed by atoms with Crippen LogP contribution in [0.5, 0.6) is 0 Å². The summed E-state index contributed by atoms with van der Waals surface area (Å²) in [5.74, 6) is 0. The summed E-state index contributed by atoms with van der Waals surface area (Å²) < 4.78 is 2.02. The Bertz CT molecular complexity index is 566. The normalized spacial score (nSPS) is 13.4. The number of rotatable bonds is 5. The molecular formula is C17H25N3S. The van der Waals surface area contributed by atoms with Crippen molar-refractivity contribution in [3.8, 4) is 0 Å². The van der Waals surface area contributed by atoms with Gasteiger partial charge in [0.2, 0.25) is 0 Å². The molecule has 4 heteroatoms. The van der Waals surface area contributed by atoms with Crippen LogP contribution in [0.4, 0.5) is 0 Å². The fourth-order valence-electron chi connectivity index (χ4n) is 2.10. The van der Waals surface area contributed by atoms with Crippen LogP contribution < -0.4 is 5.32 Å². The average molecular weight is 303 g/mol. The molecule has 2 rings (SSSR count). The van der Waals surface area contributed by atoms with Gasteiger partial charge in [-0.25, -0.2) is 0 Å². The van der Waals surface area contributed by atoms with Crippen molar-refractivity contribution in [2.45, 2.75) is 50.7 Å². The van der Waals surface area contributed by atoms with E-state index in [4.69, 9.17) is 0 Å². The molecule has 21 heavy (non-hydrogen) atoms. The maximum absolute atomic E-state index is 4.43. The first-order chi connectivity index (χ1) is 9.90. The highest BCUT2D eigenvalue weighted by atomic mass is 32.2. The zero-order valence-electron chi connectivity index (χ0n) is 13.6. The summed E-state index contributed by atoms with van der Waals surface area (Å²) in [4.78, 5) is 1.30. The lowest BCUT2D eigenvalue weighted by molar-refractivity contribution is 0.355. The number of benzene rings is 1. The predicted molar refractivity (Wildman–Crippen MR) is 90.7 cm³/mol. The first kappa shape index (κ1) is 16.1. The molecule has 1 atom stereocenters. The van der Waals surface area contributed by atoms with Crippen molar-refractivity contribution in [1.82, 2.24) is 15.1 Å². The SMILES string of the molecule is CSc1ccc(C(C)NCc2cnn(C(C)(C)C)c2)cc1. The van der Waals surface area contributed by atoms with E-state index < -0.39 is 0 Å². The van der Waals surface area contributed by atoms with Gasteiger partial charge in [0.15, 0.2) is 0 Å². The van der Waals surface area contributed by atoms with Gasteiger partial charge >= 0.3 is 0 Å². The van der Waals surface area contributed by atoms with Gasteiger partial charge in [0.25, 0.3) is 0 Å². The van der Waals surface area contributed by atoms with Crippen LogP contribution in [-0.4, -0.2) is 16.0 Å². The van der Waals surface area contributed by atoms with E-state index in [-0.39, 0.29) is 5.54 Å². The molecule has 1 heterocycles. The predicted octanol–water partition coefficient (Wildman–Crippen LogP) is 4.21. The largest absolute Gasteiger partial charge is 0.306 e. The minimum atomic E-state index is 0.0392. The van der Waals surface area contributed by atoms with E-state index in [1.165, 1.54) is 16.0 Å². The maximum atomic E-state index is 4.43. The number of hydrogen-bond donors (Lipinski definition) is 1. The summed E-state index contributed by atoms with van der Waals surface area (Å²) in [6, 6.07) is 9.08. The molecule has 2 aromatic rings. The van der Waals surface area contributed by atoms with Gasteiger partial charge in [0.1, 0.15) is 0 Å². The lowest BCUT2D eigenvalue weighted by Crippen LogP contribution is -2.22. The van der Waals surface area contributed by atoms with Crippen molar-refractivity contribution in [2.24, 2.45) is 0 Å². The van der Waals surface area contributed by atoms with Gasteiger partial charge in [0.05, 0.1) is 11.7 Å². The highest BCUT2D eigenvalue weighted by Gasteiger charge is 2.14.